The van der Waals surface area contributed by atoms with Crippen molar-refractivity contribution < 1.29 is 14.4 Å². The third-order valence-corrected chi connectivity index (χ3v) is 5.99. The third-order valence-electron chi connectivity index (χ3n) is 5.99. The first-order valence-corrected chi connectivity index (χ1v) is 10.4. The second-order valence-corrected chi connectivity index (χ2v) is 8.18. The number of hydrogen-bond donors (Lipinski definition) is 1. The molecule has 0 spiro atoms. The van der Waals surface area contributed by atoms with E-state index in [4.69, 9.17) is 0 Å². The summed E-state index contributed by atoms with van der Waals surface area (Å²) in [7, 11) is 0. The van der Waals surface area contributed by atoms with Gasteiger partial charge in [-0.2, -0.15) is 0 Å². The largest absolute Gasteiger partial charge is 0.299 e. The minimum atomic E-state index is -0.574. The van der Waals surface area contributed by atoms with Crippen LogP contribution in [0, 0.1) is 25.7 Å². The van der Waals surface area contributed by atoms with Gasteiger partial charge in [0.05, 0.1) is 23.6 Å². The van der Waals surface area contributed by atoms with Crippen molar-refractivity contribution in [3.05, 3.63) is 77.4 Å². The van der Waals surface area contributed by atoms with Crippen LogP contribution in [-0.4, -0.2) is 29.7 Å². The minimum Gasteiger partial charge on any atom is -0.299 e. The van der Waals surface area contributed by atoms with Crippen LogP contribution in [0.25, 0.3) is 0 Å². The van der Waals surface area contributed by atoms with Gasteiger partial charge in [-0.1, -0.05) is 60.5 Å². The number of para-hydroxylation sites is 1. The zero-order valence-electron chi connectivity index (χ0n) is 17.5. The van der Waals surface area contributed by atoms with Crippen LogP contribution >= 0.6 is 0 Å². The zero-order valence-corrected chi connectivity index (χ0v) is 17.5. The van der Waals surface area contributed by atoms with Crippen molar-refractivity contribution in [3.8, 4) is 0 Å². The van der Waals surface area contributed by atoms with Gasteiger partial charge in [-0.3, -0.25) is 19.7 Å². The van der Waals surface area contributed by atoms with Gasteiger partial charge < -0.3 is 0 Å². The number of nitrogens with zero attached hydrogens (tertiary/aromatic N) is 1. The molecule has 2 aromatic carbocycles. The van der Waals surface area contributed by atoms with Gasteiger partial charge in [0.15, 0.2) is 5.78 Å². The summed E-state index contributed by atoms with van der Waals surface area (Å²) in [5.41, 5.74) is 4.76. The molecule has 154 valence electrons. The molecule has 0 aromatic heterocycles. The molecule has 0 radical (unpaired) electrons. The zero-order chi connectivity index (χ0) is 21.4. The van der Waals surface area contributed by atoms with Crippen molar-refractivity contribution in [1.29, 1.82) is 0 Å². The lowest BCUT2D eigenvalue weighted by Crippen LogP contribution is -2.46. The Morgan fingerprint density at radius 2 is 1.53 bits per heavy atom. The lowest BCUT2D eigenvalue weighted by Gasteiger charge is -2.22. The quantitative estimate of drug-likeness (QED) is 0.784. The molecule has 0 unspecified atom stereocenters. The number of hydrogen-bond acceptors (Lipinski definition) is 4. The van der Waals surface area contributed by atoms with E-state index in [2.05, 4.69) is 44.3 Å². The van der Waals surface area contributed by atoms with E-state index in [-0.39, 0.29) is 23.6 Å². The number of imide groups is 1. The van der Waals surface area contributed by atoms with E-state index in [1.54, 1.807) is 30.3 Å². The molecule has 3 heterocycles. The molecule has 2 bridgehead atoms. The standard InChI is InChI=1S/C15H12N2O3.C10H14/c18-10-7-6-9-11-12(13(10)16-9)15(20)17(14(11)19)8-4-2-1-3-5-8;1-4-10-6-8(2)5-9(3)7-10/h1-7,9,11-13,16H;5-7H,4H2,1-3H3/t9-,11-,12-,13+;/m0./s1. The van der Waals surface area contributed by atoms with Gasteiger partial charge >= 0.3 is 0 Å². The summed E-state index contributed by atoms with van der Waals surface area (Å²) in [4.78, 5) is 38.2. The number of rotatable bonds is 2. The van der Waals surface area contributed by atoms with Crippen LogP contribution in [0.1, 0.15) is 23.6 Å². The maximum absolute atomic E-state index is 12.6. The number of anilines is 1. The number of aryl methyl sites for hydroxylation is 3. The Balaban J connectivity index is 0.000000185. The Morgan fingerprint density at radius 3 is 2.17 bits per heavy atom. The minimum absolute atomic E-state index is 0.121. The fourth-order valence-corrected chi connectivity index (χ4v) is 4.70. The predicted octanol–water partition coefficient (Wildman–Crippen LogP) is 3.14. The number of benzene rings is 2. The molecule has 2 saturated heterocycles. The molecule has 2 fully saturated rings. The summed E-state index contributed by atoms with van der Waals surface area (Å²) in [5.74, 6) is -1.65. The number of ketones is 1. The molecular weight excluding hydrogens is 376 g/mol. The topological polar surface area (TPSA) is 66.5 Å². The number of carbonyl (C=O) groups is 3. The van der Waals surface area contributed by atoms with Crippen molar-refractivity contribution in [2.75, 3.05) is 4.90 Å². The molecule has 2 aromatic rings. The predicted molar refractivity (Wildman–Crippen MR) is 116 cm³/mol. The van der Waals surface area contributed by atoms with Crippen LogP contribution in [-0.2, 0) is 20.8 Å². The van der Waals surface area contributed by atoms with E-state index >= 15 is 0 Å². The van der Waals surface area contributed by atoms with Crippen molar-refractivity contribution in [3.63, 3.8) is 0 Å². The van der Waals surface area contributed by atoms with E-state index in [1.807, 2.05) is 6.07 Å². The summed E-state index contributed by atoms with van der Waals surface area (Å²) in [6.07, 6.45) is 4.32. The molecule has 5 heteroatoms. The Morgan fingerprint density at radius 1 is 0.900 bits per heavy atom. The van der Waals surface area contributed by atoms with Gasteiger partial charge in [0.25, 0.3) is 0 Å². The van der Waals surface area contributed by atoms with Crippen molar-refractivity contribution in [1.82, 2.24) is 5.32 Å². The monoisotopic (exact) mass is 402 g/mol. The maximum Gasteiger partial charge on any atom is 0.239 e. The van der Waals surface area contributed by atoms with Crippen LogP contribution in [0.4, 0.5) is 5.69 Å². The van der Waals surface area contributed by atoms with Crippen LogP contribution < -0.4 is 10.2 Å². The SMILES string of the molecule is CCc1cc(C)cc(C)c1.O=C1C=C[C@@H]2N[C@H]1[C@H]1C(=O)N(c3ccccc3)C(=O)[C@H]12. The van der Waals surface area contributed by atoms with Gasteiger partial charge in [-0.15, -0.1) is 0 Å². The van der Waals surface area contributed by atoms with Crippen LogP contribution in [0.15, 0.2) is 60.7 Å². The number of amides is 2. The Labute approximate surface area is 176 Å². The molecule has 2 amide bonds. The lowest BCUT2D eigenvalue weighted by atomic mass is 9.90. The van der Waals surface area contributed by atoms with E-state index in [0.29, 0.717) is 5.69 Å². The molecule has 3 aliphatic heterocycles. The summed E-state index contributed by atoms with van der Waals surface area (Å²) in [5, 5.41) is 3.07. The molecular formula is C25H26N2O3. The van der Waals surface area contributed by atoms with Crippen molar-refractivity contribution in [2.45, 2.75) is 39.3 Å². The normalized spacial score (nSPS) is 26.5. The summed E-state index contributed by atoms with van der Waals surface area (Å²) in [6, 6.07) is 14.8. The van der Waals surface area contributed by atoms with E-state index in [9.17, 15) is 14.4 Å². The highest BCUT2D eigenvalue weighted by atomic mass is 16.2. The van der Waals surface area contributed by atoms with Crippen molar-refractivity contribution in [2.24, 2.45) is 11.8 Å². The lowest BCUT2D eigenvalue weighted by molar-refractivity contribution is -0.126. The average molecular weight is 402 g/mol. The fourth-order valence-electron chi connectivity index (χ4n) is 4.70. The molecule has 5 rings (SSSR count). The highest BCUT2D eigenvalue weighted by Gasteiger charge is 2.60. The number of fused-ring (bicyclic) bond motifs is 5. The molecule has 0 saturated carbocycles. The average Bonchev–Trinajstić information content (AvgIpc) is 3.19. The highest BCUT2D eigenvalue weighted by molar-refractivity contribution is 6.24. The second kappa shape index (κ2) is 8.00. The van der Waals surface area contributed by atoms with E-state index in [0.717, 1.165) is 6.42 Å². The van der Waals surface area contributed by atoms with Crippen molar-refractivity contribution >= 4 is 23.3 Å². The summed E-state index contributed by atoms with van der Waals surface area (Å²) >= 11 is 0. The molecule has 1 N–H and O–H groups in total. The first kappa shape index (κ1) is 20.2. The molecule has 3 aliphatic rings. The number of nitrogens with one attached hydrogen (secondary N) is 1. The fraction of sp³-hybridized carbons (Fsp3) is 0.320. The Kier molecular flexibility index (Phi) is 5.39. The third kappa shape index (κ3) is 3.50. The first-order valence-electron chi connectivity index (χ1n) is 10.4. The van der Waals surface area contributed by atoms with Gasteiger partial charge in [-0.25, -0.2) is 4.90 Å². The first-order chi connectivity index (χ1) is 14.4. The smallest absolute Gasteiger partial charge is 0.239 e. The van der Waals surface area contributed by atoms with E-state index in [1.165, 1.54) is 27.7 Å². The summed E-state index contributed by atoms with van der Waals surface area (Å²) < 4.78 is 0. The molecule has 5 nitrogen and oxygen atoms in total. The Bertz CT molecular complexity index is 1010. The van der Waals surface area contributed by atoms with Crippen LogP contribution in [0.2, 0.25) is 0 Å². The molecule has 0 aliphatic carbocycles. The van der Waals surface area contributed by atoms with E-state index < -0.39 is 17.9 Å². The van der Waals surface area contributed by atoms with Crippen LogP contribution in [0.5, 0.6) is 0 Å². The maximum atomic E-state index is 12.6. The van der Waals surface area contributed by atoms with Gasteiger partial charge in [0, 0.05) is 6.04 Å². The van der Waals surface area contributed by atoms with Gasteiger partial charge in [0.2, 0.25) is 11.8 Å². The Hall–Kier alpha value is -3.05. The number of carbonyl (C=O) groups excluding carboxylic acids is 3. The second-order valence-electron chi connectivity index (χ2n) is 8.18. The summed E-state index contributed by atoms with van der Waals surface area (Å²) in [6.45, 7) is 6.48. The molecule has 4 atom stereocenters. The van der Waals surface area contributed by atoms with Gasteiger partial charge in [-0.05, 0) is 44.0 Å². The highest BCUT2D eigenvalue weighted by Crippen LogP contribution is 2.41. The molecule has 30 heavy (non-hydrogen) atoms. The van der Waals surface area contributed by atoms with Gasteiger partial charge in [0.1, 0.15) is 0 Å². The van der Waals surface area contributed by atoms with Crippen LogP contribution in [0.3, 0.4) is 0 Å².